The van der Waals surface area contributed by atoms with Gasteiger partial charge in [0, 0.05) is 5.56 Å². The largest absolute Gasteiger partial charge is 0.373 e. The maximum atomic E-state index is 6.14. The quantitative estimate of drug-likeness (QED) is 0.851. The van der Waals surface area contributed by atoms with Gasteiger partial charge in [-0.15, -0.1) is 0 Å². The Bertz CT molecular complexity index is 455. The third-order valence-electron chi connectivity index (χ3n) is 4.12. The first-order valence-corrected chi connectivity index (χ1v) is 7.73. The zero-order valence-electron chi connectivity index (χ0n) is 12.4. The van der Waals surface area contributed by atoms with Crippen molar-refractivity contribution in [3.05, 3.63) is 35.4 Å². The molecular formula is C18H25NO. The van der Waals surface area contributed by atoms with Crippen LogP contribution in [0.2, 0.25) is 0 Å². The second kappa shape index (κ2) is 8.09. The molecule has 0 aliphatic heterocycles. The van der Waals surface area contributed by atoms with E-state index in [1.807, 2.05) is 12.1 Å². The van der Waals surface area contributed by atoms with Crippen LogP contribution in [0.1, 0.15) is 50.2 Å². The fourth-order valence-corrected chi connectivity index (χ4v) is 2.90. The van der Waals surface area contributed by atoms with E-state index in [1.54, 1.807) is 0 Å². The second-order valence-corrected chi connectivity index (χ2v) is 5.51. The van der Waals surface area contributed by atoms with Gasteiger partial charge in [-0.3, -0.25) is 0 Å². The van der Waals surface area contributed by atoms with Crippen LogP contribution in [0.4, 0.5) is 0 Å². The van der Waals surface area contributed by atoms with Crippen LogP contribution in [0.15, 0.2) is 24.3 Å². The summed E-state index contributed by atoms with van der Waals surface area (Å²) in [7, 11) is 0. The summed E-state index contributed by atoms with van der Waals surface area (Å²) in [6, 6.07) is 8.29. The van der Waals surface area contributed by atoms with Gasteiger partial charge in [-0.1, -0.05) is 50.2 Å². The predicted molar refractivity (Wildman–Crippen MR) is 83.2 cm³/mol. The number of ether oxygens (including phenoxy) is 1. The Morgan fingerprint density at radius 1 is 1.20 bits per heavy atom. The van der Waals surface area contributed by atoms with Gasteiger partial charge in [-0.25, -0.2) is 0 Å². The van der Waals surface area contributed by atoms with Crippen molar-refractivity contribution >= 4 is 0 Å². The van der Waals surface area contributed by atoms with Crippen molar-refractivity contribution in [1.29, 1.82) is 0 Å². The minimum Gasteiger partial charge on any atom is -0.373 e. The molecule has 1 aliphatic rings. The molecule has 2 N–H and O–H groups in total. The fraction of sp³-hybridized carbons (Fsp3) is 0.556. The van der Waals surface area contributed by atoms with Gasteiger partial charge >= 0.3 is 0 Å². The highest BCUT2D eigenvalue weighted by atomic mass is 16.5. The van der Waals surface area contributed by atoms with Gasteiger partial charge in [0.15, 0.2) is 0 Å². The molecule has 20 heavy (non-hydrogen) atoms. The highest BCUT2D eigenvalue weighted by Gasteiger charge is 2.23. The average molecular weight is 271 g/mol. The lowest BCUT2D eigenvalue weighted by molar-refractivity contribution is -0.0221. The molecule has 0 amide bonds. The molecule has 1 fully saturated rings. The normalized spacial score (nSPS) is 22.1. The minimum absolute atomic E-state index is 0.408. The Morgan fingerprint density at radius 3 is 2.65 bits per heavy atom. The maximum absolute atomic E-state index is 6.14. The Morgan fingerprint density at radius 2 is 1.95 bits per heavy atom. The smallest absolute Gasteiger partial charge is 0.0720 e. The van der Waals surface area contributed by atoms with Crippen LogP contribution in [0, 0.1) is 17.8 Å². The highest BCUT2D eigenvalue weighted by Crippen LogP contribution is 2.29. The summed E-state index contributed by atoms with van der Waals surface area (Å²) in [5, 5.41) is 0. The van der Waals surface area contributed by atoms with Crippen LogP contribution in [0.3, 0.4) is 0 Å². The van der Waals surface area contributed by atoms with E-state index in [0.717, 1.165) is 11.5 Å². The van der Waals surface area contributed by atoms with Gasteiger partial charge in [-0.2, -0.15) is 0 Å². The van der Waals surface area contributed by atoms with Crippen molar-refractivity contribution in [2.75, 3.05) is 6.54 Å². The summed E-state index contributed by atoms with van der Waals surface area (Å²) in [5.74, 6) is 6.65. The summed E-state index contributed by atoms with van der Waals surface area (Å²) >= 11 is 0. The van der Waals surface area contributed by atoms with Crippen molar-refractivity contribution in [3.8, 4) is 11.8 Å². The van der Waals surface area contributed by atoms with Crippen LogP contribution in [0.25, 0.3) is 0 Å². The molecule has 0 saturated heterocycles. The topological polar surface area (TPSA) is 35.2 Å². The lowest BCUT2D eigenvalue weighted by Gasteiger charge is -2.30. The van der Waals surface area contributed by atoms with Crippen LogP contribution >= 0.6 is 0 Å². The second-order valence-electron chi connectivity index (χ2n) is 5.51. The van der Waals surface area contributed by atoms with E-state index >= 15 is 0 Å². The Kier molecular flexibility index (Phi) is 6.11. The zero-order valence-corrected chi connectivity index (χ0v) is 12.4. The van der Waals surface area contributed by atoms with Gasteiger partial charge in [0.05, 0.1) is 19.3 Å². The number of hydrogen-bond acceptors (Lipinski definition) is 2. The lowest BCUT2D eigenvalue weighted by atomic mass is 9.85. The van der Waals surface area contributed by atoms with E-state index in [9.17, 15) is 0 Å². The van der Waals surface area contributed by atoms with Crippen LogP contribution in [-0.2, 0) is 11.3 Å². The van der Waals surface area contributed by atoms with Gasteiger partial charge in [-0.05, 0) is 36.5 Å². The molecular weight excluding hydrogens is 246 g/mol. The van der Waals surface area contributed by atoms with Crippen LogP contribution in [-0.4, -0.2) is 12.6 Å². The standard InChI is InChI=1S/C18H25NO/c1-2-17-7-3-4-8-18(17)20-14-16-11-9-15(10-12-16)6-5-13-19/h9-12,17-18H,2-4,7-8,13-14,19H2,1H3. The van der Waals surface area contributed by atoms with Crippen molar-refractivity contribution < 1.29 is 4.74 Å². The summed E-state index contributed by atoms with van der Waals surface area (Å²) in [6.07, 6.45) is 6.92. The summed E-state index contributed by atoms with van der Waals surface area (Å²) in [5.41, 5.74) is 7.61. The van der Waals surface area contributed by atoms with Crippen LogP contribution in [0.5, 0.6) is 0 Å². The molecule has 2 nitrogen and oxygen atoms in total. The van der Waals surface area contributed by atoms with Gasteiger partial charge in [0.25, 0.3) is 0 Å². The van der Waals surface area contributed by atoms with E-state index < -0.39 is 0 Å². The molecule has 0 bridgehead atoms. The summed E-state index contributed by atoms with van der Waals surface area (Å²) in [6.45, 7) is 3.40. The third kappa shape index (κ3) is 4.37. The fourth-order valence-electron chi connectivity index (χ4n) is 2.90. The van der Waals surface area contributed by atoms with E-state index in [2.05, 4.69) is 30.9 Å². The first-order valence-electron chi connectivity index (χ1n) is 7.73. The number of nitrogens with two attached hydrogens (primary N) is 1. The molecule has 1 saturated carbocycles. The first-order chi connectivity index (χ1) is 9.83. The van der Waals surface area contributed by atoms with E-state index in [1.165, 1.54) is 37.7 Å². The van der Waals surface area contributed by atoms with Gasteiger partial charge in [0.2, 0.25) is 0 Å². The Hall–Kier alpha value is -1.30. The number of rotatable bonds is 4. The number of benzene rings is 1. The zero-order chi connectivity index (χ0) is 14.2. The van der Waals surface area contributed by atoms with E-state index in [-0.39, 0.29) is 0 Å². The van der Waals surface area contributed by atoms with Crippen LogP contribution < -0.4 is 5.73 Å². The Balaban J connectivity index is 1.87. The third-order valence-corrected chi connectivity index (χ3v) is 4.12. The summed E-state index contributed by atoms with van der Waals surface area (Å²) < 4.78 is 6.14. The van der Waals surface area contributed by atoms with Crippen molar-refractivity contribution in [1.82, 2.24) is 0 Å². The molecule has 0 radical (unpaired) electrons. The average Bonchev–Trinajstić information content (AvgIpc) is 2.52. The molecule has 2 unspecified atom stereocenters. The number of hydrogen-bond donors (Lipinski definition) is 1. The molecule has 108 valence electrons. The van der Waals surface area contributed by atoms with Gasteiger partial charge < -0.3 is 10.5 Å². The molecule has 1 aliphatic carbocycles. The minimum atomic E-state index is 0.408. The Labute approximate surface area is 122 Å². The predicted octanol–water partition coefficient (Wildman–Crippen LogP) is 3.48. The van der Waals surface area contributed by atoms with Crippen molar-refractivity contribution in [2.24, 2.45) is 11.7 Å². The summed E-state index contributed by atoms with van der Waals surface area (Å²) in [4.78, 5) is 0. The molecule has 2 rings (SSSR count). The highest BCUT2D eigenvalue weighted by molar-refractivity contribution is 5.36. The van der Waals surface area contributed by atoms with Gasteiger partial charge in [0.1, 0.15) is 0 Å². The molecule has 0 spiro atoms. The molecule has 2 atom stereocenters. The van der Waals surface area contributed by atoms with E-state index in [4.69, 9.17) is 10.5 Å². The SMILES string of the molecule is CCC1CCCCC1OCc1ccc(C#CCN)cc1. The van der Waals surface area contributed by atoms with E-state index in [0.29, 0.717) is 19.3 Å². The van der Waals surface area contributed by atoms with Crippen molar-refractivity contribution in [3.63, 3.8) is 0 Å². The lowest BCUT2D eigenvalue weighted by Crippen LogP contribution is -2.27. The molecule has 1 aromatic rings. The maximum Gasteiger partial charge on any atom is 0.0720 e. The van der Waals surface area contributed by atoms with Crippen molar-refractivity contribution in [2.45, 2.75) is 51.7 Å². The molecule has 2 heteroatoms. The monoisotopic (exact) mass is 271 g/mol. The first kappa shape index (κ1) is 15.1. The molecule has 0 heterocycles. The molecule has 0 aromatic heterocycles. The molecule has 1 aromatic carbocycles.